The van der Waals surface area contributed by atoms with Gasteiger partial charge in [-0.05, 0) is 61.9 Å². The third-order valence-electron chi connectivity index (χ3n) is 6.40. The van der Waals surface area contributed by atoms with Gasteiger partial charge in [-0.25, -0.2) is 23.9 Å². The van der Waals surface area contributed by atoms with Gasteiger partial charge in [0, 0.05) is 19.2 Å². The molecule has 36 heavy (non-hydrogen) atoms. The molecule has 1 aliphatic rings. The Morgan fingerprint density at radius 2 is 1.78 bits per heavy atom. The number of nitrogens with zero attached hydrogens (tertiary/aromatic N) is 5. The van der Waals surface area contributed by atoms with E-state index in [4.69, 9.17) is 4.74 Å². The van der Waals surface area contributed by atoms with Crippen LogP contribution in [0, 0.1) is 11.8 Å². The average Bonchev–Trinajstić information content (AvgIpc) is 2.89. The van der Waals surface area contributed by atoms with Gasteiger partial charge in [0.1, 0.15) is 5.75 Å². The first-order valence-corrected chi connectivity index (χ1v) is 12.1. The fraction of sp³-hybridized carbons (Fsp3) is 0.440. The Kier molecular flexibility index (Phi) is 7.77. The van der Waals surface area contributed by atoms with Crippen molar-refractivity contribution in [2.75, 3.05) is 7.11 Å². The van der Waals surface area contributed by atoms with E-state index in [9.17, 15) is 14.4 Å². The maximum atomic E-state index is 13.1. The van der Waals surface area contributed by atoms with Crippen molar-refractivity contribution >= 4 is 11.7 Å². The van der Waals surface area contributed by atoms with Crippen molar-refractivity contribution in [1.82, 2.24) is 24.3 Å². The highest BCUT2D eigenvalue weighted by molar-refractivity contribution is 5.86. The van der Waals surface area contributed by atoms with Crippen LogP contribution in [0.3, 0.4) is 0 Å². The maximum Gasteiger partial charge on any atom is 0.358 e. The second-order valence-electron chi connectivity index (χ2n) is 8.97. The van der Waals surface area contributed by atoms with Gasteiger partial charge < -0.3 is 9.47 Å². The largest absolute Gasteiger partial charge is 0.464 e. The first kappa shape index (κ1) is 25.1. The summed E-state index contributed by atoms with van der Waals surface area (Å²) in [5, 5.41) is 7.64. The van der Waals surface area contributed by atoms with Crippen LogP contribution in [-0.4, -0.2) is 37.4 Å². The summed E-state index contributed by atoms with van der Waals surface area (Å²) < 4.78 is 13.0. The molecule has 1 saturated carbocycles. The van der Waals surface area contributed by atoms with Gasteiger partial charge in [-0.2, -0.15) is 0 Å². The number of ether oxygens (including phenoxy) is 2. The summed E-state index contributed by atoms with van der Waals surface area (Å²) in [5.74, 6) is 1.18. The Balaban J connectivity index is 1.59. The summed E-state index contributed by atoms with van der Waals surface area (Å²) in [7, 11) is 1.27. The molecule has 0 bridgehead atoms. The number of rotatable bonds is 7. The fourth-order valence-electron chi connectivity index (χ4n) is 4.28. The van der Waals surface area contributed by atoms with E-state index in [1.54, 1.807) is 35.8 Å². The number of benzene rings is 1. The molecular formula is C25H30N6O5. The number of esters is 1. The third-order valence-corrected chi connectivity index (χ3v) is 6.40. The molecule has 190 valence electrons. The van der Waals surface area contributed by atoms with E-state index in [1.165, 1.54) is 23.8 Å². The van der Waals surface area contributed by atoms with Crippen LogP contribution in [0.5, 0.6) is 11.6 Å². The molecule has 0 aliphatic heterocycles. The number of aromatic amines is 1. The molecule has 1 aromatic carbocycles. The number of hydrogen-bond acceptors (Lipinski definition) is 8. The van der Waals surface area contributed by atoms with Crippen LogP contribution in [-0.2, 0) is 17.8 Å². The highest BCUT2D eigenvalue weighted by Crippen LogP contribution is 2.28. The number of methoxy groups -OCH3 is 1. The Morgan fingerprint density at radius 1 is 1.06 bits per heavy atom. The average molecular weight is 495 g/mol. The van der Waals surface area contributed by atoms with E-state index in [1.807, 2.05) is 0 Å². The minimum atomic E-state index is -0.583. The number of nitrogens with one attached hydrogen (secondary N) is 1. The molecule has 0 unspecified atom stereocenters. The Morgan fingerprint density at radius 3 is 2.39 bits per heavy atom. The van der Waals surface area contributed by atoms with Crippen molar-refractivity contribution < 1.29 is 14.3 Å². The van der Waals surface area contributed by atoms with E-state index in [-0.39, 0.29) is 29.4 Å². The number of hydrogen-bond donors (Lipinski definition) is 1. The van der Waals surface area contributed by atoms with E-state index in [0.29, 0.717) is 29.8 Å². The summed E-state index contributed by atoms with van der Waals surface area (Å²) in [4.78, 5) is 44.4. The summed E-state index contributed by atoms with van der Waals surface area (Å²) in [6.07, 6.45) is 4.38. The van der Waals surface area contributed by atoms with Crippen LogP contribution in [0.4, 0.5) is 5.69 Å². The molecule has 0 amide bonds. The summed E-state index contributed by atoms with van der Waals surface area (Å²) in [6.45, 7) is 4.83. The normalized spacial score (nSPS) is 18.1. The van der Waals surface area contributed by atoms with Gasteiger partial charge in [-0.3, -0.25) is 9.55 Å². The molecule has 11 nitrogen and oxygen atoms in total. The van der Waals surface area contributed by atoms with Gasteiger partial charge >= 0.3 is 17.3 Å². The summed E-state index contributed by atoms with van der Waals surface area (Å²) in [5.41, 5.74) is 0.0151. The lowest BCUT2D eigenvalue weighted by Crippen LogP contribution is -2.50. The molecule has 1 aliphatic carbocycles. The first-order chi connectivity index (χ1) is 17.4. The van der Waals surface area contributed by atoms with Gasteiger partial charge in [0.2, 0.25) is 11.5 Å². The lowest BCUT2D eigenvalue weighted by Gasteiger charge is -2.26. The molecule has 0 radical (unpaired) electrons. The monoisotopic (exact) mass is 494 g/mol. The molecule has 3 aromatic rings. The smallest absolute Gasteiger partial charge is 0.358 e. The van der Waals surface area contributed by atoms with Crippen molar-refractivity contribution in [3.8, 4) is 11.6 Å². The lowest BCUT2D eigenvalue weighted by atomic mass is 9.83. The van der Waals surface area contributed by atoms with Crippen LogP contribution >= 0.6 is 0 Å². The van der Waals surface area contributed by atoms with Gasteiger partial charge in [0.05, 0.1) is 12.8 Å². The number of carbonyl (C=O) groups is 1. The Hall–Kier alpha value is -4.02. The molecule has 2 heterocycles. The predicted octanol–water partition coefficient (Wildman–Crippen LogP) is 2.79. The quantitative estimate of drug-likeness (QED) is 0.499. The van der Waals surface area contributed by atoms with Gasteiger partial charge in [-0.1, -0.05) is 19.8 Å². The molecule has 0 saturated heterocycles. The molecule has 1 N–H and O–H groups in total. The number of carbonyl (C=O) groups excluding carboxylic acids is 1. The van der Waals surface area contributed by atoms with E-state index < -0.39 is 11.7 Å². The van der Waals surface area contributed by atoms with Crippen molar-refractivity contribution in [3.05, 3.63) is 68.7 Å². The van der Waals surface area contributed by atoms with Crippen LogP contribution in [0.1, 0.15) is 50.0 Å². The molecule has 0 spiro atoms. The van der Waals surface area contributed by atoms with Gasteiger partial charge in [-0.15, -0.1) is 10.2 Å². The van der Waals surface area contributed by atoms with Gasteiger partial charge in [0.15, 0.2) is 5.69 Å². The Bertz CT molecular complexity index is 1380. The predicted molar refractivity (Wildman–Crippen MR) is 131 cm³/mol. The lowest BCUT2D eigenvalue weighted by molar-refractivity contribution is 0.0592. The van der Waals surface area contributed by atoms with Crippen LogP contribution in [0.2, 0.25) is 0 Å². The van der Waals surface area contributed by atoms with E-state index >= 15 is 0 Å². The zero-order valence-corrected chi connectivity index (χ0v) is 20.6. The molecule has 11 heteroatoms. The van der Waals surface area contributed by atoms with Crippen LogP contribution < -0.4 is 21.7 Å². The highest BCUT2D eigenvalue weighted by atomic mass is 16.5. The highest BCUT2D eigenvalue weighted by Gasteiger charge is 2.20. The van der Waals surface area contributed by atoms with Crippen molar-refractivity contribution in [3.63, 3.8) is 0 Å². The second kappa shape index (κ2) is 11.1. The van der Waals surface area contributed by atoms with E-state index in [2.05, 4.69) is 31.8 Å². The molecule has 1 fully saturated rings. The molecule has 2 aromatic heterocycles. The SMILES string of the molecule is CCn1c(=O)[nH]/c(=N\c2ccc(Oc3ccc(C(=O)OC)nn3)cc2)n(C[C@H]2CC[C@H](C)CC2)c1=O. The minimum absolute atomic E-state index is 0.0778. The van der Waals surface area contributed by atoms with Crippen LogP contribution in [0.25, 0.3) is 0 Å². The van der Waals surface area contributed by atoms with Gasteiger partial charge in [0.25, 0.3) is 0 Å². The van der Waals surface area contributed by atoms with Crippen LogP contribution in [0.15, 0.2) is 51.0 Å². The standard InChI is InChI=1S/C25H30N6O5/c1-4-30-24(33)27-23(31(25(30)34)15-17-7-5-16(2)6-8-17)26-18-9-11-19(12-10-18)36-21-14-13-20(28-29-21)22(32)35-3/h9-14,16-17H,4-8,15H2,1-3H3,(H,26,27,33)/t16-,17-. The zero-order chi connectivity index (χ0) is 25.7. The maximum absolute atomic E-state index is 13.1. The topological polar surface area (TPSA) is 133 Å². The fourth-order valence-corrected chi connectivity index (χ4v) is 4.28. The second-order valence-corrected chi connectivity index (χ2v) is 8.97. The first-order valence-electron chi connectivity index (χ1n) is 12.1. The minimum Gasteiger partial charge on any atom is -0.464 e. The molecule has 4 rings (SSSR count). The molecule has 0 atom stereocenters. The zero-order valence-electron chi connectivity index (χ0n) is 20.6. The van der Waals surface area contributed by atoms with E-state index in [0.717, 1.165) is 25.7 Å². The van der Waals surface area contributed by atoms with Crippen molar-refractivity contribution in [1.29, 1.82) is 0 Å². The van der Waals surface area contributed by atoms with Crippen molar-refractivity contribution in [2.45, 2.75) is 52.6 Å². The number of aromatic nitrogens is 5. The number of H-pyrrole nitrogens is 1. The summed E-state index contributed by atoms with van der Waals surface area (Å²) >= 11 is 0. The summed E-state index contributed by atoms with van der Waals surface area (Å²) in [6, 6.07) is 9.77. The third kappa shape index (κ3) is 5.78. The van der Waals surface area contributed by atoms with Crippen molar-refractivity contribution in [2.24, 2.45) is 16.8 Å². The molecular weight excluding hydrogens is 464 g/mol. The Labute approximate surface area is 207 Å².